The van der Waals surface area contributed by atoms with Crippen molar-refractivity contribution in [3.63, 3.8) is 0 Å². The molecule has 0 aromatic heterocycles. The molecular formula is C7H14N2. The van der Waals surface area contributed by atoms with Crippen LogP contribution >= 0.6 is 0 Å². The van der Waals surface area contributed by atoms with Gasteiger partial charge in [-0.2, -0.15) is 5.26 Å². The second-order valence-electron chi connectivity index (χ2n) is 1.79. The molecule has 0 aromatic rings. The molecule has 0 aromatic carbocycles. The number of hydrogen-bond donors (Lipinski definition) is 0. The minimum absolute atomic E-state index is 0.983. The Morgan fingerprint density at radius 3 is 1.89 bits per heavy atom. The van der Waals surface area contributed by atoms with E-state index in [2.05, 4.69) is 6.19 Å². The molecule has 1 heterocycles. The molecule has 0 unspecified atom stereocenters. The zero-order chi connectivity index (χ0) is 7.11. The Labute approximate surface area is 57.1 Å². The molecule has 0 atom stereocenters. The second kappa shape index (κ2) is 5.43. The van der Waals surface area contributed by atoms with Crippen molar-refractivity contribution in [3.05, 3.63) is 0 Å². The predicted molar refractivity (Wildman–Crippen MR) is 37.8 cm³/mol. The van der Waals surface area contributed by atoms with Crippen molar-refractivity contribution >= 4 is 0 Å². The number of hydrogen-bond acceptors (Lipinski definition) is 2. The van der Waals surface area contributed by atoms with E-state index in [1.807, 2.05) is 13.8 Å². The molecule has 1 saturated heterocycles. The van der Waals surface area contributed by atoms with E-state index in [1.54, 1.807) is 4.90 Å². The lowest BCUT2D eigenvalue weighted by Gasteiger charge is -2.00. The molecule has 1 aliphatic heterocycles. The maximum absolute atomic E-state index is 8.24. The molecule has 0 saturated carbocycles. The summed E-state index contributed by atoms with van der Waals surface area (Å²) >= 11 is 0. The van der Waals surface area contributed by atoms with Gasteiger partial charge in [-0.25, -0.2) is 0 Å². The molecule has 2 nitrogen and oxygen atoms in total. The molecule has 0 spiro atoms. The smallest absolute Gasteiger partial charge is 0.179 e. The van der Waals surface area contributed by atoms with Gasteiger partial charge in [0.15, 0.2) is 6.19 Å². The molecule has 0 radical (unpaired) electrons. The van der Waals surface area contributed by atoms with Crippen LogP contribution in [0.25, 0.3) is 0 Å². The van der Waals surface area contributed by atoms with Crippen LogP contribution in [0.1, 0.15) is 26.7 Å². The summed E-state index contributed by atoms with van der Waals surface area (Å²) < 4.78 is 0. The van der Waals surface area contributed by atoms with Crippen LogP contribution in [0.2, 0.25) is 0 Å². The molecule has 2 heteroatoms. The van der Waals surface area contributed by atoms with E-state index in [4.69, 9.17) is 5.26 Å². The highest BCUT2D eigenvalue weighted by Gasteiger charge is 2.06. The summed E-state index contributed by atoms with van der Waals surface area (Å²) in [6.45, 7) is 5.97. The molecule has 0 bridgehead atoms. The minimum atomic E-state index is 0.983. The first kappa shape index (κ1) is 8.29. The van der Waals surface area contributed by atoms with Crippen molar-refractivity contribution in [2.24, 2.45) is 0 Å². The van der Waals surface area contributed by atoms with Crippen molar-refractivity contribution < 1.29 is 0 Å². The van der Waals surface area contributed by atoms with Crippen molar-refractivity contribution in [3.8, 4) is 6.19 Å². The fraction of sp³-hybridized carbons (Fsp3) is 0.857. The molecule has 0 amide bonds. The number of nitrogens with zero attached hydrogens (tertiary/aromatic N) is 2. The molecular weight excluding hydrogens is 112 g/mol. The first-order valence-electron chi connectivity index (χ1n) is 3.58. The van der Waals surface area contributed by atoms with Gasteiger partial charge in [0.1, 0.15) is 0 Å². The predicted octanol–water partition coefficient (Wildman–Crippen LogP) is 1.59. The fourth-order valence-electron chi connectivity index (χ4n) is 0.817. The number of nitriles is 1. The van der Waals surface area contributed by atoms with E-state index in [0.717, 1.165) is 13.1 Å². The number of likely N-dealkylation sites (tertiary alicyclic amines) is 1. The first-order chi connectivity index (χ1) is 4.43. The summed E-state index contributed by atoms with van der Waals surface area (Å²) in [5.41, 5.74) is 0. The highest BCUT2D eigenvalue weighted by Crippen LogP contribution is 2.03. The molecule has 1 aliphatic rings. The normalized spacial score (nSPS) is 15.9. The summed E-state index contributed by atoms with van der Waals surface area (Å²) in [5, 5.41) is 8.24. The monoisotopic (exact) mass is 126 g/mol. The lowest BCUT2D eigenvalue weighted by molar-refractivity contribution is 0.487. The quantitative estimate of drug-likeness (QED) is 0.461. The van der Waals surface area contributed by atoms with Gasteiger partial charge in [-0.15, -0.1) is 0 Å². The molecule has 9 heavy (non-hydrogen) atoms. The van der Waals surface area contributed by atoms with Gasteiger partial charge in [0.25, 0.3) is 0 Å². The molecule has 52 valence electrons. The van der Waals surface area contributed by atoms with Crippen molar-refractivity contribution in [2.45, 2.75) is 26.7 Å². The molecule has 1 rings (SSSR count). The highest BCUT2D eigenvalue weighted by molar-refractivity contribution is 4.77. The third-order valence-corrected chi connectivity index (χ3v) is 1.25. The Morgan fingerprint density at radius 2 is 1.67 bits per heavy atom. The van der Waals surface area contributed by atoms with E-state index in [1.165, 1.54) is 12.8 Å². The SMILES string of the molecule is CC.N#CN1CCCC1. The highest BCUT2D eigenvalue weighted by atomic mass is 15.1. The van der Waals surface area contributed by atoms with Crippen LogP contribution in [0.5, 0.6) is 0 Å². The van der Waals surface area contributed by atoms with Gasteiger partial charge in [0.2, 0.25) is 0 Å². The molecule has 0 aliphatic carbocycles. The van der Waals surface area contributed by atoms with Crippen LogP contribution in [-0.2, 0) is 0 Å². The zero-order valence-electron chi connectivity index (χ0n) is 6.22. The third-order valence-electron chi connectivity index (χ3n) is 1.25. The van der Waals surface area contributed by atoms with Crippen LogP contribution in [-0.4, -0.2) is 18.0 Å². The Hall–Kier alpha value is -0.710. The molecule has 1 fully saturated rings. The van der Waals surface area contributed by atoms with Gasteiger partial charge < -0.3 is 4.90 Å². The van der Waals surface area contributed by atoms with Crippen molar-refractivity contribution in [1.82, 2.24) is 4.90 Å². The van der Waals surface area contributed by atoms with Crippen LogP contribution in [0, 0.1) is 11.5 Å². The third kappa shape index (κ3) is 2.97. The van der Waals surface area contributed by atoms with E-state index < -0.39 is 0 Å². The second-order valence-corrected chi connectivity index (χ2v) is 1.79. The van der Waals surface area contributed by atoms with E-state index in [9.17, 15) is 0 Å². The van der Waals surface area contributed by atoms with Gasteiger partial charge in [-0.1, -0.05) is 13.8 Å². The fourth-order valence-corrected chi connectivity index (χ4v) is 0.817. The summed E-state index contributed by atoms with van der Waals surface area (Å²) in [5.74, 6) is 0. The van der Waals surface area contributed by atoms with Gasteiger partial charge in [-0.3, -0.25) is 0 Å². The Kier molecular flexibility index (Phi) is 5.00. The Morgan fingerprint density at radius 1 is 1.22 bits per heavy atom. The zero-order valence-corrected chi connectivity index (χ0v) is 6.22. The minimum Gasteiger partial charge on any atom is -0.311 e. The average molecular weight is 126 g/mol. The Balaban J connectivity index is 0.000000291. The summed E-state index contributed by atoms with van der Waals surface area (Å²) in [4.78, 5) is 1.79. The topological polar surface area (TPSA) is 27.0 Å². The van der Waals surface area contributed by atoms with Crippen LogP contribution in [0.3, 0.4) is 0 Å². The van der Waals surface area contributed by atoms with E-state index >= 15 is 0 Å². The van der Waals surface area contributed by atoms with Crippen molar-refractivity contribution in [1.29, 1.82) is 5.26 Å². The van der Waals surface area contributed by atoms with E-state index in [-0.39, 0.29) is 0 Å². The summed E-state index contributed by atoms with van der Waals surface area (Å²) in [6.07, 6.45) is 4.50. The lowest BCUT2D eigenvalue weighted by Crippen LogP contribution is -2.10. The number of rotatable bonds is 0. The summed E-state index contributed by atoms with van der Waals surface area (Å²) in [7, 11) is 0. The van der Waals surface area contributed by atoms with E-state index in [0.29, 0.717) is 0 Å². The maximum Gasteiger partial charge on any atom is 0.179 e. The summed E-state index contributed by atoms with van der Waals surface area (Å²) in [6, 6.07) is 0. The average Bonchev–Trinajstić information content (AvgIpc) is 2.43. The molecule has 0 N–H and O–H groups in total. The first-order valence-corrected chi connectivity index (χ1v) is 3.58. The Bertz CT molecular complexity index is 87.6. The lowest BCUT2D eigenvalue weighted by atomic mass is 10.4. The van der Waals surface area contributed by atoms with Gasteiger partial charge >= 0.3 is 0 Å². The van der Waals surface area contributed by atoms with Crippen LogP contribution in [0.4, 0.5) is 0 Å². The largest absolute Gasteiger partial charge is 0.311 e. The van der Waals surface area contributed by atoms with Gasteiger partial charge in [0.05, 0.1) is 0 Å². The van der Waals surface area contributed by atoms with Gasteiger partial charge in [-0.05, 0) is 12.8 Å². The van der Waals surface area contributed by atoms with Crippen LogP contribution < -0.4 is 0 Å². The van der Waals surface area contributed by atoms with Gasteiger partial charge in [0, 0.05) is 13.1 Å². The standard InChI is InChI=1S/C5H8N2.C2H6/c6-5-7-3-1-2-4-7;1-2/h1-4H2;1-2H3. The van der Waals surface area contributed by atoms with Crippen LogP contribution in [0.15, 0.2) is 0 Å². The van der Waals surface area contributed by atoms with Crippen molar-refractivity contribution in [2.75, 3.05) is 13.1 Å². The maximum atomic E-state index is 8.24.